The van der Waals surface area contributed by atoms with Crippen molar-refractivity contribution in [1.29, 1.82) is 5.26 Å². The number of nitriles is 1. The number of nitrogens with zero attached hydrogens (tertiary/aromatic N) is 1. The molecule has 1 amide bonds. The molecule has 0 fully saturated rings. The minimum absolute atomic E-state index is 0.0254. The quantitative estimate of drug-likeness (QED) is 0.619. The topological polar surface area (TPSA) is 71.3 Å². The molecule has 0 aliphatic rings. The molecule has 6 heteroatoms. The van der Waals surface area contributed by atoms with Crippen molar-refractivity contribution < 1.29 is 14.3 Å². The van der Waals surface area contributed by atoms with Crippen LogP contribution in [0.25, 0.3) is 6.08 Å². The van der Waals surface area contributed by atoms with Crippen molar-refractivity contribution in [3.8, 4) is 17.6 Å². The number of methoxy groups -OCH3 is 1. The average Bonchev–Trinajstić information content (AvgIpc) is 2.62. The molecule has 0 heterocycles. The van der Waals surface area contributed by atoms with Gasteiger partial charge in [0.05, 0.1) is 13.7 Å². The van der Waals surface area contributed by atoms with Crippen LogP contribution >= 0.6 is 11.6 Å². The van der Waals surface area contributed by atoms with Gasteiger partial charge in [0.2, 0.25) is 0 Å². The molecule has 0 saturated carbocycles. The summed E-state index contributed by atoms with van der Waals surface area (Å²) in [6.07, 6.45) is 1.49. The number of ether oxygens (including phenoxy) is 2. The summed E-state index contributed by atoms with van der Waals surface area (Å²) >= 11 is 5.81. The van der Waals surface area contributed by atoms with E-state index < -0.39 is 5.91 Å². The zero-order valence-corrected chi connectivity index (χ0v) is 14.6. The van der Waals surface area contributed by atoms with E-state index >= 15 is 0 Å². The fraction of sp³-hybridized carbons (Fsp3) is 0.158. The number of carbonyl (C=O) groups excluding carboxylic acids is 1. The van der Waals surface area contributed by atoms with Gasteiger partial charge in [-0.25, -0.2) is 0 Å². The van der Waals surface area contributed by atoms with Crippen molar-refractivity contribution in [1.82, 2.24) is 0 Å². The largest absolute Gasteiger partial charge is 0.493 e. The predicted octanol–water partition coefficient (Wildman–Crippen LogP) is 4.29. The summed E-state index contributed by atoms with van der Waals surface area (Å²) in [5.41, 5.74) is 1.19. The highest BCUT2D eigenvalue weighted by Crippen LogP contribution is 2.29. The molecule has 128 valence electrons. The number of amides is 1. The molecule has 0 aliphatic carbocycles. The van der Waals surface area contributed by atoms with Gasteiger partial charge in [0.15, 0.2) is 11.5 Å². The van der Waals surface area contributed by atoms with Crippen LogP contribution in [0.4, 0.5) is 5.69 Å². The Balaban J connectivity index is 2.24. The Morgan fingerprint density at radius 3 is 2.56 bits per heavy atom. The molecule has 0 aromatic heterocycles. The predicted molar refractivity (Wildman–Crippen MR) is 97.8 cm³/mol. The van der Waals surface area contributed by atoms with Crippen LogP contribution < -0.4 is 14.8 Å². The minimum atomic E-state index is -0.501. The summed E-state index contributed by atoms with van der Waals surface area (Å²) in [6.45, 7) is 2.34. The van der Waals surface area contributed by atoms with Crippen LogP contribution in [0.1, 0.15) is 12.5 Å². The summed E-state index contributed by atoms with van der Waals surface area (Å²) in [4.78, 5) is 12.3. The van der Waals surface area contributed by atoms with Crippen LogP contribution in [-0.4, -0.2) is 19.6 Å². The van der Waals surface area contributed by atoms with Crippen molar-refractivity contribution in [2.24, 2.45) is 0 Å². The molecular weight excluding hydrogens is 340 g/mol. The minimum Gasteiger partial charge on any atom is -0.493 e. The molecule has 0 bridgehead atoms. The summed E-state index contributed by atoms with van der Waals surface area (Å²) in [5, 5.41) is 12.5. The molecule has 5 nitrogen and oxygen atoms in total. The molecule has 0 atom stereocenters. The maximum Gasteiger partial charge on any atom is 0.266 e. The average molecular weight is 357 g/mol. The molecule has 0 saturated heterocycles. The molecule has 0 aliphatic heterocycles. The second-order valence-corrected chi connectivity index (χ2v) is 5.41. The first-order chi connectivity index (χ1) is 12.1. The molecule has 0 unspecified atom stereocenters. The molecular formula is C19H17ClN2O3. The first kappa shape index (κ1) is 18.4. The lowest BCUT2D eigenvalue weighted by atomic mass is 10.1. The zero-order chi connectivity index (χ0) is 18.2. The Morgan fingerprint density at radius 1 is 1.24 bits per heavy atom. The van der Waals surface area contributed by atoms with Crippen LogP contribution in [-0.2, 0) is 4.79 Å². The maximum atomic E-state index is 12.3. The van der Waals surface area contributed by atoms with E-state index in [1.54, 1.807) is 49.6 Å². The lowest BCUT2D eigenvalue weighted by molar-refractivity contribution is -0.112. The van der Waals surface area contributed by atoms with Gasteiger partial charge in [-0.15, -0.1) is 0 Å². The highest BCUT2D eigenvalue weighted by Gasteiger charge is 2.11. The summed E-state index contributed by atoms with van der Waals surface area (Å²) < 4.78 is 10.7. The van der Waals surface area contributed by atoms with Crippen LogP contribution in [0.2, 0.25) is 5.02 Å². The fourth-order valence-electron chi connectivity index (χ4n) is 2.10. The number of carbonyl (C=O) groups is 1. The van der Waals surface area contributed by atoms with E-state index in [2.05, 4.69) is 5.32 Å². The van der Waals surface area contributed by atoms with Gasteiger partial charge in [-0.1, -0.05) is 17.7 Å². The number of anilines is 1. The lowest BCUT2D eigenvalue weighted by Gasteiger charge is -2.10. The van der Waals surface area contributed by atoms with E-state index in [9.17, 15) is 10.1 Å². The summed E-state index contributed by atoms with van der Waals surface area (Å²) in [6, 6.07) is 13.7. The number of hydrogen-bond donors (Lipinski definition) is 1. The normalized spacial score (nSPS) is 10.7. The van der Waals surface area contributed by atoms with Crippen molar-refractivity contribution in [2.45, 2.75) is 6.92 Å². The number of halogens is 1. The van der Waals surface area contributed by atoms with Crippen molar-refractivity contribution in [3.63, 3.8) is 0 Å². The number of hydrogen-bond acceptors (Lipinski definition) is 4. The van der Waals surface area contributed by atoms with Gasteiger partial charge in [-0.05, 0) is 55.0 Å². The number of nitrogens with one attached hydrogen (secondary N) is 1. The van der Waals surface area contributed by atoms with Crippen molar-refractivity contribution >= 4 is 29.3 Å². The molecule has 1 N–H and O–H groups in total. The van der Waals surface area contributed by atoms with Gasteiger partial charge in [0, 0.05) is 10.7 Å². The van der Waals surface area contributed by atoms with Crippen LogP contribution in [0.3, 0.4) is 0 Å². The van der Waals surface area contributed by atoms with Gasteiger partial charge in [-0.2, -0.15) is 5.26 Å². The number of benzene rings is 2. The number of rotatable bonds is 6. The van der Waals surface area contributed by atoms with Gasteiger partial charge >= 0.3 is 0 Å². The standard InChI is InChI=1S/C19H17ClN2O3/c1-3-25-18-11-13(4-9-17(18)24-2)10-14(12-21)19(23)22-16-7-5-15(20)6-8-16/h4-11H,3H2,1-2H3,(H,22,23)/b14-10-. The van der Waals surface area contributed by atoms with Gasteiger partial charge in [0.1, 0.15) is 11.6 Å². The fourth-order valence-corrected chi connectivity index (χ4v) is 2.22. The first-order valence-electron chi connectivity index (χ1n) is 7.57. The van der Waals surface area contributed by atoms with Crippen LogP contribution in [0.15, 0.2) is 48.0 Å². The van der Waals surface area contributed by atoms with Crippen LogP contribution in [0.5, 0.6) is 11.5 Å². The first-order valence-corrected chi connectivity index (χ1v) is 7.94. The smallest absolute Gasteiger partial charge is 0.266 e. The van der Waals surface area contributed by atoms with Gasteiger partial charge < -0.3 is 14.8 Å². The van der Waals surface area contributed by atoms with Crippen LogP contribution in [0, 0.1) is 11.3 Å². The summed E-state index contributed by atoms with van der Waals surface area (Å²) in [5.74, 6) is 0.635. The highest BCUT2D eigenvalue weighted by molar-refractivity contribution is 6.30. The van der Waals surface area contributed by atoms with Gasteiger partial charge in [-0.3, -0.25) is 4.79 Å². The highest BCUT2D eigenvalue weighted by atomic mass is 35.5. The van der Waals surface area contributed by atoms with E-state index in [0.29, 0.717) is 34.4 Å². The van der Waals surface area contributed by atoms with Gasteiger partial charge in [0.25, 0.3) is 5.91 Å². The molecule has 25 heavy (non-hydrogen) atoms. The van der Waals surface area contributed by atoms with E-state index in [0.717, 1.165) is 0 Å². The SMILES string of the molecule is CCOc1cc(/C=C(/C#N)C(=O)Nc2ccc(Cl)cc2)ccc1OC. The Kier molecular flexibility index (Phi) is 6.44. The molecule has 2 aromatic carbocycles. The van der Waals surface area contributed by atoms with E-state index in [1.807, 2.05) is 13.0 Å². The molecule has 2 aromatic rings. The molecule has 0 spiro atoms. The zero-order valence-electron chi connectivity index (χ0n) is 13.9. The van der Waals surface area contributed by atoms with E-state index in [-0.39, 0.29) is 5.57 Å². The third kappa shape index (κ3) is 5.00. The van der Waals surface area contributed by atoms with Crippen molar-refractivity contribution in [2.75, 3.05) is 19.0 Å². The molecule has 0 radical (unpaired) electrons. The van der Waals surface area contributed by atoms with Crippen molar-refractivity contribution in [3.05, 3.63) is 58.6 Å². The Morgan fingerprint density at radius 2 is 1.96 bits per heavy atom. The Hall–Kier alpha value is -2.97. The summed E-state index contributed by atoms with van der Waals surface area (Å²) in [7, 11) is 1.55. The van der Waals surface area contributed by atoms with E-state index in [4.69, 9.17) is 21.1 Å². The Labute approximate surface area is 151 Å². The lowest BCUT2D eigenvalue weighted by Crippen LogP contribution is -2.13. The second-order valence-electron chi connectivity index (χ2n) is 4.97. The Bertz CT molecular complexity index is 824. The van der Waals surface area contributed by atoms with E-state index in [1.165, 1.54) is 6.08 Å². The second kappa shape index (κ2) is 8.76. The third-order valence-corrected chi connectivity index (χ3v) is 3.52. The molecule has 2 rings (SSSR count). The third-order valence-electron chi connectivity index (χ3n) is 3.27. The monoisotopic (exact) mass is 356 g/mol. The maximum absolute atomic E-state index is 12.3.